The van der Waals surface area contributed by atoms with E-state index in [0.29, 0.717) is 11.7 Å². The van der Waals surface area contributed by atoms with Gasteiger partial charge in [0.1, 0.15) is 12.0 Å². The van der Waals surface area contributed by atoms with Gasteiger partial charge in [-0.3, -0.25) is 10.1 Å². The number of aromatic nitrogens is 2. The molecule has 2 fully saturated rings. The monoisotopic (exact) mass is 397 g/mol. The average molecular weight is 397 g/mol. The van der Waals surface area contributed by atoms with E-state index in [1.165, 1.54) is 12.1 Å². The van der Waals surface area contributed by atoms with Crippen LogP contribution in [-0.4, -0.2) is 21.3 Å². The average Bonchev–Trinajstić information content (AvgIpc) is 3.48. The van der Waals surface area contributed by atoms with E-state index in [1.54, 1.807) is 0 Å². The van der Waals surface area contributed by atoms with Crippen LogP contribution in [0.3, 0.4) is 0 Å². The van der Waals surface area contributed by atoms with Crippen LogP contribution in [0.5, 0.6) is 11.5 Å². The highest BCUT2D eigenvalue weighted by Gasteiger charge is 2.29. The van der Waals surface area contributed by atoms with E-state index < -0.39 is 10.7 Å². The summed E-state index contributed by atoms with van der Waals surface area (Å²) in [5.41, 5.74) is 1.55. The number of fused-ring (bicyclic) bond motifs is 1. The SMILES string of the molecule is O=[N+]([O-])c1ccc(Oc2cc3cn(C4CCCCO4)nc3cc2C2CC2)c(F)c1. The molecule has 1 aliphatic heterocycles. The summed E-state index contributed by atoms with van der Waals surface area (Å²) in [6.45, 7) is 0.738. The lowest BCUT2D eigenvalue weighted by Crippen LogP contribution is -2.18. The zero-order chi connectivity index (χ0) is 20.0. The minimum atomic E-state index is -0.757. The molecule has 0 radical (unpaired) electrons. The highest BCUT2D eigenvalue weighted by molar-refractivity contribution is 5.81. The van der Waals surface area contributed by atoms with Gasteiger partial charge in [0, 0.05) is 29.8 Å². The Labute approximate surface area is 166 Å². The zero-order valence-corrected chi connectivity index (χ0v) is 15.7. The van der Waals surface area contributed by atoms with E-state index in [9.17, 15) is 14.5 Å². The predicted molar refractivity (Wildman–Crippen MR) is 104 cm³/mol. The van der Waals surface area contributed by atoms with Crippen molar-refractivity contribution in [3.05, 3.63) is 58.0 Å². The maximum atomic E-state index is 14.3. The van der Waals surface area contributed by atoms with Crippen LogP contribution >= 0.6 is 0 Å². The Kier molecular flexibility index (Phi) is 4.43. The fraction of sp³-hybridized carbons (Fsp3) is 0.381. The Morgan fingerprint density at radius 3 is 2.72 bits per heavy atom. The highest BCUT2D eigenvalue weighted by Crippen LogP contribution is 2.47. The van der Waals surface area contributed by atoms with Crippen LogP contribution in [-0.2, 0) is 4.74 Å². The summed E-state index contributed by atoms with van der Waals surface area (Å²) in [5, 5.41) is 16.4. The summed E-state index contributed by atoms with van der Waals surface area (Å²) in [7, 11) is 0. The topological polar surface area (TPSA) is 79.4 Å². The minimum Gasteiger partial charge on any atom is -0.454 e. The van der Waals surface area contributed by atoms with Crippen molar-refractivity contribution in [2.45, 2.75) is 44.2 Å². The molecule has 1 atom stereocenters. The molecular weight excluding hydrogens is 377 g/mol. The lowest BCUT2D eigenvalue weighted by molar-refractivity contribution is -0.385. The maximum Gasteiger partial charge on any atom is 0.272 e. The van der Waals surface area contributed by atoms with Crippen molar-refractivity contribution in [2.24, 2.45) is 0 Å². The number of nitro groups is 1. The molecule has 0 spiro atoms. The molecule has 150 valence electrons. The lowest BCUT2D eigenvalue weighted by Gasteiger charge is -2.22. The van der Waals surface area contributed by atoms with Gasteiger partial charge in [0.25, 0.3) is 5.69 Å². The molecule has 3 aromatic rings. The Balaban J connectivity index is 1.50. The standard InChI is InChI=1S/C21H20FN3O4/c22-17-10-15(25(26)27)6-7-19(17)29-20-9-14-12-24(21-3-1-2-8-28-21)23-18(14)11-16(20)13-4-5-13/h6-7,9-13,21H,1-5,8H2. The van der Waals surface area contributed by atoms with Gasteiger partial charge >= 0.3 is 0 Å². The smallest absolute Gasteiger partial charge is 0.272 e. The molecule has 2 heterocycles. The van der Waals surface area contributed by atoms with Gasteiger partial charge in [0.05, 0.1) is 16.5 Å². The quantitative estimate of drug-likeness (QED) is 0.422. The number of nitro benzene ring substituents is 1. The molecule has 29 heavy (non-hydrogen) atoms. The molecule has 0 bridgehead atoms. The van der Waals surface area contributed by atoms with E-state index in [-0.39, 0.29) is 17.7 Å². The van der Waals surface area contributed by atoms with Crippen molar-refractivity contribution in [3.63, 3.8) is 0 Å². The number of nitrogens with zero attached hydrogens (tertiary/aromatic N) is 3. The molecular formula is C21H20FN3O4. The number of hydrogen-bond donors (Lipinski definition) is 0. The second kappa shape index (κ2) is 7.11. The molecule has 2 aliphatic rings. The summed E-state index contributed by atoms with van der Waals surface area (Å²) in [5.74, 6) is 0.149. The van der Waals surface area contributed by atoms with Gasteiger partial charge in [-0.1, -0.05) is 0 Å². The van der Waals surface area contributed by atoms with Crippen molar-refractivity contribution < 1.29 is 18.8 Å². The van der Waals surface area contributed by atoms with E-state index >= 15 is 0 Å². The van der Waals surface area contributed by atoms with Gasteiger partial charge < -0.3 is 9.47 Å². The van der Waals surface area contributed by atoms with E-state index in [0.717, 1.165) is 61.2 Å². The van der Waals surface area contributed by atoms with Crippen molar-refractivity contribution >= 4 is 16.6 Å². The number of hydrogen-bond acceptors (Lipinski definition) is 5. The summed E-state index contributed by atoms with van der Waals surface area (Å²) >= 11 is 0. The summed E-state index contributed by atoms with van der Waals surface area (Å²) < 4.78 is 27.9. The van der Waals surface area contributed by atoms with Crippen LogP contribution in [0.25, 0.3) is 10.9 Å². The maximum absolute atomic E-state index is 14.3. The fourth-order valence-electron chi connectivity index (χ4n) is 3.77. The van der Waals surface area contributed by atoms with Crippen LogP contribution in [0.4, 0.5) is 10.1 Å². The first-order valence-corrected chi connectivity index (χ1v) is 9.85. The first-order valence-electron chi connectivity index (χ1n) is 9.85. The third-order valence-electron chi connectivity index (χ3n) is 5.47. The summed E-state index contributed by atoms with van der Waals surface area (Å²) in [4.78, 5) is 10.2. The summed E-state index contributed by atoms with van der Waals surface area (Å²) in [6, 6.07) is 7.30. The molecule has 8 heteroatoms. The van der Waals surface area contributed by atoms with Gasteiger partial charge in [0.15, 0.2) is 11.6 Å². The number of ether oxygens (including phenoxy) is 2. The van der Waals surface area contributed by atoms with E-state index in [2.05, 4.69) is 0 Å². The normalized spacial score (nSPS) is 19.4. The van der Waals surface area contributed by atoms with Crippen molar-refractivity contribution in [1.82, 2.24) is 9.78 Å². The van der Waals surface area contributed by atoms with Gasteiger partial charge in [0.2, 0.25) is 0 Å². The molecule has 1 saturated heterocycles. The van der Waals surface area contributed by atoms with Crippen molar-refractivity contribution in [3.8, 4) is 11.5 Å². The van der Waals surface area contributed by atoms with Gasteiger partial charge in [-0.25, -0.2) is 9.07 Å². The Bertz CT molecular complexity index is 1090. The highest BCUT2D eigenvalue weighted by atomic mass is 19.1. The van der Waals surface area contributed by atoms with Gasteiger partial charge in [-0.05, 0) is 56.2 Å². The molecule has 1 aliphatic carbocycles. The second-order valence-corrected chi connectivity index (χ2v) is 7.63. The zero-order valence-electron chi connectivity index (χ0n) is 15.7. The third-order valence-corrected chi connectivity index (χ3v) is 5.47. The minimum absolute atomic E-state index is 0.0279. The predicted octanol–water partition coefficient (Wildman–Crippen LogP) is 5.45. The molecule has 1 unspecified atom stereocenters. The summed E-state index contributed by atoms with van der Waals surface area (Å²) in [6.07, 6.45) is 7.09. The van der Waals surface area contributed by atoms with E-state index in [4.69, 9.17) is 14.6 Å². The lowest BCUT2D eigenvalue weighted by atomic mass is 10.1. The Hall–Kier alpha value is -3.00. The first kappa shape index (κ1) is 18.1. The van der Waals surface area contributed by atoms with Crippen LogP contribution in [0.1, 0.15) is 49.8 Å². The Morgan fingerprint density at radius 2 is 2.03 bits per heavy atom. The van der Waals surface area contributed by atoms with Crippen LogP contribution in [0.2, 0.25) is 0 Å². The first-order chi connectivity index (χ1) is 14.1. The molecule has 7 nitrogen and oxygen atoms in total. The molecule has 1 saturated carbocycles. The van der Waals surface area contributed by atoms with E-state index in [1.807, 2.05) is 23.0 Å². The number of rotatable bonds is 5. The fourth-order valence-corrected chi connectivity index (χ4v) is 3.77. The second-order valence-electron chi connectivity index (χ2n) is 7.63. The number of halogens is 1. The molecule has 0 amide bonds. The van der Waals surface area contributed by atoms with Crippen LogP contribution in [0, 0.1) is 15.9 Å². The van der Waals surface area contributed by atoms with Gasteiger partial charge in [-0.15, -0.1) is 0 Å². The number of benzene rings is 2. The van der Waals surface area contributed by atoms with Crippen molar-refractivity contribution in [1.29, 1.82) is 0 Å². The molecule has 1 aromatic heterocycles. The van der Waals surface area contributed by atoms with Crippen LogP contribution < -0.4 is 4.74 Å². The molecule has 2 aromatic carbocycles. The molecule has 0 N–H and O–H groups in total. The van der Waals surface area contributed by atoms with Crippen molar-refractivity contribution in [2.75, 3.05) is 6.61 Å². The largest absolute Gasteiger partial charge is 0.454 e. The third kappa shape index (κ3) is 3.55. The molecule has 5 rings (SSSR count). The Morgan fingerprint density at radius 1 is 1.17 bits per heavy atom. The number of non-ortho nitro benzene ring substituents is 1. The van der Waals surface area contributed by atoms with Gasteiger partial charge in [-0.2, -0.15) is 5.10 Å². The van der Waals surface area contributed by atoms with Crippen LogP contribution in [0.15, 0.2) is 36.5 Å².